The van der Waals surface area contributed by atoms with E-state index in [2.05, 4.69) is 26.1 Å². The van der Waals surface area contributed by atoms with E-state index in [1.807, 2.05) is 38.1 Å². The molecule has 0 saturated heterocycles. The van der Waals surface area contributed by atoms with Crippen molar-refractivity contribution in [3.8, 4) is 5.69 Å². The van der Waals surface area contributed by atoms with Gasteiger partial charge in [0.25, 0.3) is 0 Å². The molecule has 29 heavy (non-hydrogen) atoms. The Balaban J connectivity index is 1.87. The Kier molecular flexibility index (Phi) is 6.03. The Morgan fingerprint density at radius 3 is 2.48 bits per heavy atom. The topological polar surface area (TPSA) is 67.2 Å². The molecular formula is C22H29ClN4O2. The van der Waals surface area contributed by atoms with E-state index in [0.29, 0.717) is 16.5 Å². The third-order valence-electron chi connectivity index (χ3n) is 4.97. The number of benzene rings is 1. The molecule has 6 nitrogen and oxygen atoms in total. The molecule has 156 valence electrons. The maximum Gasteiger partial charge on any atom is 0.245 e. The van der Waals surface area contributed by atoms with Crippen LogP contribution in [0.2, 0.25) is 5.02 Å². The maximum atomic E-state index is 12.8. The lowest BCUT2D eigenvalue weighted by Gasteiger charge is -2.26. The smallest absolute Gasteiger partial charge is 0.245 e. The van der Waals surface area contributed by atoms with Gasteiger partial charge in [-0.05, 0) is 38.8 Å². The minimum absolute atomic E-state index is 0.0194. The molecule has 1 saturated carbocycles. The normalized spacial score (nSPS) is 14.2. The lowest BCUT2D eigenvalue weighted by molar-refractivity contribution is -0.137. The number of rotatable bonds is 6. The molecule has 1 aliphatic rings. The molecule has 1 aromatic heterocycles. The first-order valence-electron chi connectivity index (χ1n) is 10.0. The van der Waals surface area contributed by atoms with Crippen LogP contribution in [0.15, 0.2) is 30.3 Å². The summed E-state index contributed by atoms with van der Waals surface area (Å²) in [6, 6.07) is 9.20. The Hall–Kier alpha value is -2.34. The average Bonchev–Trinajstić information content (AvgIpc) is 3.39. The van der Waals surface area contributed by atoms with Crippen LogP contribution in [0.5, 0.6) is 0 Å². The van der Waals surface area contributed by atoms with Crippen molar-refractivity contribution in [2.45, 2.75) is 58.9 Å². The lowest BCUT2D eigenvalue weighted by atomic mass is 9.92. The number of nitrogens with zero attached hydrogens (tertiary/aromatic N) is 3. The summed E-state index contributed by atoms with van der Waals surface area (Å²) in [5, 5.41) is 8.17. The van der Waals surface area contributed by atoms with Crippen molar-refractivity contribution in [1.82, 2.24) is 14.7 Å². The van der Waals surface area contributed by atoms with Crippen LogP contribution in [-0.2, 0) is 15.0 Å². The molecule has 2 aromatic rings. The molecule has 1 aromatic carbocycles. The number of nitrogens with one attached hydrogen (secondary N) is 1. The van der Waals surface area contributed by atoms with Crippen molar-refractivity contribution in [2.75, 3.05) is 11.9 Å². The van der Waals surface area contributed by atoms with E-state index in [1.165, 1.54) is 0 Å². The molecule has 1 heterocycles. The number of carbonyl (C=O) groups is 2. The van der Waals surface area contributed by atoms with Gasteiger partial charge in [0, 0.05) is 23.4 Å². The summed E-state index contributed by atoms with van der Waals surface area (Å²) >= 11 is 6.37. The summed E-state index contributed by atoms with van der Waals surface area (Å²) < 4.78 is 1.66. The Morgan fingerprint density at radius 1 is 1.28 bits per heavy atom. The summed E-state index contributed by atoms with van der Waals surface area (Å²) in [7, 11) is 0. The van der Waals surface area contributed by atoms with E-state index in [0.717, 1.165) is 18.5 Å². The monoisotopic (exact) mass is 416 g/mol. The summed E-state index contributed by atoms with van der Waals surface area (Å²) in [5.41, 5.74) is 1.33. The second kappa shape index (κ2) is 8.19. The molecule has 1 aliphatic carbocycles. The lowest BCUT2D eigenvalue weighted by Crippen LogP contribution is -2.43. The molecule has 0 unspecified atom stereocenters. The maximum absolute atomic E-state index is 12.8. The first-order chi connectivity index (χ1) is 13.6. The van der Waals surface area contributed by atoms with Gasteiger partial charge in [-0.15, -0.1) is 0 Å². The summed E-state index contributed by atoms with van der Waals surface area (Å²) in [6.45, 7) is 10.1. The van der Waals surface area contributed by atoms with Crippen LogP contribution < -0.4 is 5.32 Å². The average molecular weight is 417 g/mol. The van der Waals surface area contributed by atoms with Crippen LogP contribution in [0.1, 0.15) is 53.2 Å². The predicted octanol–water partition coefficient (Wildman–Crippen LogP) is 4.41. The second-order valence-electron chi connectivity index (χ2n) is 8.91. The number of carbonyl (C=O) groups excluding carboxylic acids is 2. The van der Waals surface area contributed by atoms with Gasteiger partial charge >= 0.3 is 0 Å². The first kappa shape index (κ1) is 21.4. The summed E-state index contributed by atoms with van der Waals surface area (Å²) in [5.74, 6) is 0.424. The Labute approximate surface area is 177 Å². The highest BCUT2D eigenvalue weighted by Crippen LogP contribution is 2.32. The third-order valence-corrected chi connectivity index (χ3v) is 5.29. The van der Waals surface area contributed by atoms with Crippen LogP contribution in [0, 0.1) is 5.92 Å². The fraction of sp³-hybridized carbons (Fsp3) is 0.500. The van der Waals surface area contributed by atoms with Gasteiger partial charge in [-0.2, -0.15) is 5.10 Å². The van der Waals surface area contributed by atoms with Crippen molar-refractivity contribution < 1.29 is 9.59 Å². The number of hydrogen-bond acceptors (Lipinski definition) is 3. The molecular weight excluding hydrogens is 388 g/mol. The fourth-order valence-corrected chi connectivity index (χ4v) is 3.28. The van der Waals surface area contributed by atoms with Gasteiger partial charge in [0.2, 0.25) is 11.8 Å². The van der Waals surface area contributed by atoms with Crippen LogP contribution in [-0.4, -0.2) is 39.1 Å². The molecule has 0 radical (unpaired) electrons. The van der Waals surface area contributed by atoms with E-state index in [4.69, 9.17) is 16.7 Å². The van der Waals surface area contributed by atoms with E-state index >= 15 is 0 Å². The number of anilines is 1. The van der Waals surface area contributed by atoms with E-state index in [1.54, 1.807) is 15.6 Å². The van der Waals surface area contributed by atoms with Gasteiger partial charge in [-0.25, -0.2) is 4.68 Å². The zero-order valence-electron chi connectivity index (χ0n) is 17.7. The van der Waals surface area contributed by atoms with Crippen molar-refractivity contribution in [1.29, 1.82) is 0 Å². The highest BCUT2D eigenvalue weighted by atomic mass is 35.5. The SMILES string of the molecule is CC(C)N(CC(=O)Nc1cc(C(C)(C)C)nn1-c1ccccc1Cl)C(=O)C1CC1. The quantitative estimate of drug-likeness (QED) is 0.758. The Morgan fingerprint density at radius 2 is 1.93 bits per heavy atom. The van der Waals surface area contributed by atoms with Crippen molar-refractivity contribution >= 4 is 29.2 Å². The highest BCUT2D eigenvalue weighted by molar-refractivity contribution is 6.32. The van der Waals surface area contributed by atoms with Crippen LogP contribution in [0.25, 0.3) is 5.69 Å². The molecule has 2 amide bonds. The van der Waals surface area contributed by atoms with E-state index in [-0.39, 0.29) is 35.7 Å². The van der Waals surface area contributed by atoms with Gasteiger partial charge in [0.1, 0.15) is 12.4 Å². The number of halogens is 1. The van der Waals surface area contributed by atoms with Gasteiger partial charge in [-0.3, -0.25) is 9.59 Å². The Bertz CT molecular complexity index is 910. The summed E-state index contributed by atoms with van der Waals surface area (Å²) in [4.78, 5) is 27.0. The molecule has 0 bridgehead atoms. The van der Waals surface area contributed by atoms with E-state index < -0.39 is 0 Å². The minimum atomic E-state index is -0.249. The zero-order chi connectivity index (χ0) is 21.3. The van der Waals surface area contributed by atoms with Crippen LogP contribution >= 0.6 is 11.6 Å². The predicted molar refractivity (Wildman–Crippen MR) is 115 cm³/mol. The fourth-order valence-electron chi connectivity index (χ4n) is 3.06. The molecule has 1 fully saturated rings. The molecule has 3 rings (SSSR count). The largest absolute Gasteiger partial charge is 0.331 e. The molecule has 0 aliphatic heterocycles. The van der Waals surface area contributed by atoms with Gasteiger partial charge in [-0.1, -0.05) is 44.5 Å². The third kappa shape index (κ3) is 4.99. The number of aromatic nitrogens is 2. The van der Waals surface area contributed by atoms with Crippen molar-refractivity contribution in [2.24, 2.45) is 5.92 Å². The number of para-hydroxylation sites is 1. The minimum Gasteiger partial charge on any atom is -0.331 e. The zero-order valence-corrected chi connectivity index (χ0v) is 18.5. The highest BCUT2D eigenvalue weighted by Gasteiger charge is 2.35. The van der Waals surface area contributed by atoms with Crippen molar-refractivity contribution in [3.05, 3.63) is 41.0 Å². The van der Waals surface area contributed by atoms with Crippen LogP contribution in [0.3, 0.4) is 0 Å². The second-order valence-corrected chi connectivity index (χ2v) is 9.32. The van der Waals surface area contributed by atoms with Crippen LogP contribution in [0.4, 0.5) is 5.82 Å². The van der Waals surface area contributed by atoms with Crippen molar-refractivity contribution in [3.63, 3.8) is 0 Å². The summed E-state index contributed by atoms with van der Waals surface area (Å²) in [6.07, 6.45) is 1.83. The molecule has 0 atom stereocenters. The van der Waals surface area contributed by atoms with Gasteiger partial charge in [0.15, 0.2) is 0 Å². The first-order valence-corrected chi connectivity index (χ1v) is 10.4. The number of amides is 2. The van der Waals surface area contributed by atoms with Gasteiger partial charge in [0.05, 0.1) is 16.4 Å². The molecule has 7 heteroatoms. The standard InChI is InChI=1S/C22H29ClN4O2/c1-14(2)26(21(29)15-10-11-15)13-20(28)24-19-12-18(22(3,4)5)25-27(19)17-9-7-6-8-16(17)23/h6-9,12,14-15H,10-11,13H2,1-5H3,(H,24,28). The van der Waals surface area contributed by atoms with E-state index in [9.17, 15) is 9.59 Å². The molecule has 1 N–H and O–H groups in total. The number of hydrogen-bond donors (Lipinski definition) is 1. The van der Waals surface area contributed by atoms with Gasteiger partial charge < -0.3 is 10.2 Å². The molecule has 0 spiro atoms.